The lowest BCUT2D eigenvalue weighted by atomic mass is 10.2. The molecule has 0 saturated carbocycles. The molecule has 0 spiro atoms. The van der Waals surface area contributed by atoms with Gasteiger partial charge in [-0.3, -0.25) is 4.98 Å². The van der Waals surface area contributed by atoms with Gasteiger partial charge in [0.05, 0.1) is 19.0 Å². The lowest BCUT2D eigenvalue weighted by Crippen LogP contribution is -2.03. The van der Waals surface area contributed by atoms with E-state index >= 15 is 0 Å². The van der Waals surface area contributed by atoms with Crippen molar-refractivity contribution in [3.63, 3.8) is 0 Å². The quantitative estimate of drug-likeness (QED) is 0.688. The zero-order valence-electron chi connectivity index (χ0n) is 10.2. The van der Waals surface area contributed by atoms with Crippen molar-refractivity contribution < 1.29 is 4.74 Å². The molecule has 0 unspecified atom stereocenters. The second kappa shape index (κ2) is 7.91. The summed E-state index contributed by atoms with van der Waals surface area (Å²) < 4.78 is 5.53. The van der Waals surface area contributed by atoms with Gasteiger partial charge in [0.15, 0.2) is 0 Å². The summed E-state index contributed by atoms with van der Waals surface area (Å²) in [6.45, 7) is 5.80. The highest BCUT2D eigenvalue weighted by Gasteiger charge is 1.98. The van der Waals surface area contributed by atoms with E-state index in [0.29, 0.717) is 5.88 Å². The highest BCUT2D eigenvalue weighted by Crippen LogP contribution is 2.09. The summed E-state index contributed by atoms with van der Waals surface area (Å²) >= 11 is 0. The Morgan fingerprint density at radius 2 is 2.06 bits per heavy atom. The smallest absolute Gasteiger partial charge is 0.234 e. The van der Waals surface area contributed by atoms with E-state index in [1.165, 1.54) is 19.3 Å². The molecule has 0 amide bonds. The molecule has 4 nitrogen and oxygen atoms in total. The average molecular weight is 223 g/mol. The molecule has 0 aliphatic carbocycles. The fraction of sp³-hybridized carbons (Fsp3) is 0.667. The molecule has 0 bridgehead atoms. The van der Waals surface area contributed by atoms with Gasteiger partial charge in [-0.25, -0.2) is 0 Å². The van der Waals surface area contributed by atoms with E-state index < -0.39 is 0 Å². The number of hydrogen-bond donors (Lipinski definition) is 1. The van der Waals surface area contributed by atoms with E-state index in [-0.39, 0.29) is 0 Å². The molecule has 0 aliphatic heterocycles. The third kappa shape index (κ3) is 4.96. The zero-order valence-corrected chi connectivity index (χ0v) is 10.2. The van der Waals surface area contributed by atoms with Crippen molar-refractivity contribution in [1.29, 1.82) is 0 Å². The minimum atomic E-state index is 0.606. The topological polar surface area (TPSA) is 47.0 Å². The van der Waals surface area contributed by atoms with Crippen molar-refractivity contribution in [3.05, 3.63) is 12.4 Å². The summed E-state index contributed by atoms with van der Waals surface area (Å²) in [5, 5.41) is 3.11. The van der Waals surface area contributed by atoms with Crippen LogP contribution in [-0.4, -0.2) is 23.1 Å². The molecular formula is C12H21N3O. The molecule has 1 N–H and O–H groups in total. The van der Waals surface area contributed by atoms with E-state index in [4.69, 9.17) is 4.74 Å². The van der Waals surface area contributed by atoms with Crippen LogP contribution < -0.4 is 10.1 Å². The number of unbranched alkanes of at least 4 members (excludes halogenated alkanes) is 3. The normalized spacial score (nSPS) is 10.1. The van der Waals surface area contributed by atoms with E-state index in [1.54, 1.807) is 12.4 Å². The summed E-state index contributed by atoms with van der Waals surface area (Å²) in [5.74, 6) is 1.38. The third-order valence-corrected chi connectivity index (χ3v) is 2.22. The van der Waals surface area contributed by atoms with Crippen molar-refractivity contribution in [2.75, 3.05) is 18.5 Å². The third-order valence-electron chi connectivity index (χ3n) is 2.22. The maximum absolute atomic E-state index is 5.53. The Kier molecular flexibility index (Phi) is 6.30. The molecule has 90 valence electrons. The first-order valence-corrected chi connectivity index (χ1v) is 6.05. The Morgan fingerprint density at radius 1 is 1.19 bits per heavy atom. The predicted molar refractivity (Wildman–Crippen MR) is 65.8 cm³/mol. The fourth-order valence-corrected chi connectivity index (χ4v) is 1.39. The van der Waals surface area contributed by atoms with Gasteiger partial charge >= 0.3 is 0 Å². The largest absolute Gasteiger partial charge is 0.477 e. The van der Waals surface area contributed by atoms with Crippen LogP contribution in [0.25, 0.3) is 0 Å². The molecule has 0 fully saturated rings. The summed E-state index contributed by atoms with van der Waals surface area (Å²) in [5.41, 5.74) is 0. The SMILES string of the molecule is CCCCCCOc1cncc(NCC)n1. The zero-order chi connectivity index (χ0) is 11.6. The number of rotatable bonds is 8. The molecule has 1 aromatic heterocycles. The summed E-state index contributed by atoms with van der Waals surface area (Å²) in [6.07, 6.45) is 8.17. The minimum absolute atomic E-state index is 0.606. The molecule has 0 aromatic carbocycles. The second-order valence-electron chi connectivity index (χ2n) is 3.68. The van der Waals surface area contributed by atoms with Crippen molar-refractivity contribution in [3.8, 4) is 5.88 Å². The second-order valence-corrected chi connectivity index (χ2v) is 3.68. The van der Waals surface area contributed by atoms with Crippen LogP contribution in [0.15, 0.2) is 12.4 Å². The van der Waals surface area contributed by atoms with Gasteiger partial charge in [0.2, 0.25) is 5.88 Å². The first-order valence-electron chi connectivity index (χ1n) is 6.05. The van der Waals surface area contributed by atoms with Gasteiger partial charge in [-0.15, -0.1) is 0 Å². The van der Waals surface area contributed by atoms with Gasteiger partial charge in [0.1, 0.15) is 5.82 Å². The molecule has 0 saturated heterocycles. The number of hydrogen-bond acceptors (Lipinski definition) is 4. The molecule has 16 heavy (non-hydrogen) atoms. The summed E-state index contributed by atoms with van der Waals surface area (Å²) in [4.78, 5) is 8.35. The van der Waals surface area contributed by atoms with Gasteiger partial charge in [-0.2, -0.15) is 4.98 Å². The van der Waals surface area contributed by atoms with Crippen LogP contribution in [-0.2, 0) is 0 Å². The standard InChI is InChI=1S/C12H21N3O/c1-3-5-6-7-8-16-12-10-13-9-11(15-12)14-4-2/h9-10H,3-8H2,1-2H3,(H,14,15). The number of nitrogens with zero attached hydrogens (tertiary/aromatic N) is 2. The first kappa shape index (κ1) is 12.7. The summed E-state index contributed by atoms with van der Waals surface area (Å²) in [7, 11) is 0. The number of anilines is 1. The molecule has 4 heteroatoms. The van der Waals surface area contributed by atoms with Gasteiger partial charge in [-0.1, -0.05) is 26.2 Å². The van der Waals surface area contributed by atoms with E-state index in [2.05, 4.69) is 22.2 Å². The van der Waals surface area contributed by atoms with Crippen LogP contribution in [0.5, 0.6) is 5.88 Å². The van der Waals surface area contributed by atoms with Gasteiger partial charge in [0, 0.05) is 6.54 Å². The van der Waals surface area contributed by atoms with Crippen molar-refractivity contribution in [2.45, 2.75) is 39.5 Å². The highest BCUT2D eigenvalue weighted by molar-refractivity contribution is 5.32. The van der Waals surface area contributed by atoms with Gasteiger partial charge in [-0.05, 0) is 13.3 Å². The lowest BCUT2D eigenvalue weighted by molar-refractivity contribution is 0.293. The van der Waals surface area contributed by atoms with Gasteiger partial charge in [0.25, 0.3) is 0 Å². The Hall–Kier alpha value is -1.32. The number of nitrogens with one attached hydrogen (secondary N) is 1. The highest BCUT2D eigenvalue weighted by atomic mass is 16.5. The molecule has 1 heterocycles. The van der Waals surface area contributed by atoms with Crippen LogP contribution in [0.4, 0.5) is 5.82 Å². The minimum Gasteiger partial charge on any atom is -0.477 e. The van der Waals surface area contributed by atoms with Crippen molar-refractivity contribution >= 4 is 5.82 Å². The van der Waals surface area contributed by atoms with Crippen molar-refractivity contribution in [2.24, 2.45) is 0 Å². The maximum Gasteiger partial charge on any atom is 0.234 e. The molecule has 0 aliphatic rings. The predicted octanol–water partition coefficient (Wildman–Crippen LogP) is 2.87. The Balaban J connectivity index is 2.27. The fourth-order valence-electron chi connectivity index (χ4n) is 1.39. The molecular weight excluding hydrogens is 202 g/mol. The maximum atomic E-state index is 5.53. The van der Waals surface area contributed by atoms with Crippen molar-refractivity contribution in [1.82, 2.24) is 9.97 Å². The van der Waals surface area contributed by atoms with Crippen LogP contribution in [0.2, 0.25) is 0 Å². The Morgan fingerprint density at radius 3 is 2.81 bits per heavy atom. The Bertz CT molecular complexity index is 291. The van der Waals surface area contributed by atoms with E-state index in [1.807, 2.05) is 6.92 Å². The molecule has 0 atom stereocenters. The van der Waals surface area contributed by atoms with Crippen LogP contribution >= 0.6 is 0 Å². The monoisotopic (exact) mass is 223 g/mol. The lowest BCUT2D eigenvalue weighted by Gasteiger charge is -2.06. The van der Waals surface area contributed by atoms with E-state index in [0.717, 1.165) is 25.4 Å². The molecule has 1 aromatic rings. The summed E-state index contributed by atoms with van der Waals surface area (Å²) in [6, 6.07) is 0. The van der Waals surface area contributed by atoms with Crippen LogP contribution in [0.1, 0.15) is 39.5 Å². The van der Waals surface area contributed by atoms with Gasteiger partial charge < -0.3 is 10.1 Å². The first-order chi connectivity index (χ1) is 7.86. The molecule has 1 rings (SSSR count). The number of aromatic nitrogens is 2. The molecule has 0 radical (unpaired) electrons. The average Bonchev–Trinajstić information content (AvgIpc) is 2.30. The van der Waals surface area contributed by atoms with Crippen LogP contribution in [0.3, 0.4) is 0 Å². The van der Waals surface area contributed by atoms with E-state index in [9.17, 15) is 0 Å². The van der Waals surface area contributed by atoms with Crippen LogP contribution in [0, 0.1) is 0 Å². The number of ether oxygens (including phenoxy) is 1. The Labute approximate surface area is 97.5 Å².